The van der Waals surface area contributed by atoms with Gasteiger partial charge in [-0.3, -0.25) is 9.59 Å². The number of hydrogen-bond donors (Lipinski definition) is 3. The Bertz CT molecular complexity index is 694. The average Bonchev–Trinajstić information content (AvgIpc) is 2.80. The smallest absolute Gasteiger partial charge is 0.327 e. The summed E-state index contributed by atoms with van der Waals surface area (Å²) in [4.78, 5) is 37.5. The molecule has 1 aromatic carbocycles. The van der Waals surface area contributed by atoms with Crippen LogP contribution in [-0.4, -0.2) is 50.0 Å². The number of benzene rings is 1. The maximum absolute atomic E-state index is 12.3. The van der Waals surface area contributed by atoms with E-state index in [9.17, 15) is 19.5 Å². The second-order valence-corrected chi connectivity index (χ2v) is 8.24. The van der Waals surface area contributed by atoms with Gasteiger partial charge in [0.2, 0.25) is 11.8 Å². The van der Waals surface area contributed by atoms with Crippen molar-refractivity contribution in [1.29, 1.82) is 0 Å². The van der Waals surface area contributed by atoms with Gasteiger partial charge in [-0.1, -0.05) is 30.3 Å². The van der Waals surface area contributed by atoms with E-state index < -0.39 is 34.7 Å². The number of carboxylic acids is 1. The summed E-state index contributed by atoms with van der Waals surface area (Å²) in [6, 6.07) is 6.38. The Morgan fingerprint density at radius 1 is 1.33 bits per heavy atom. The molecule has 0 bridgehead atoms. The van der Waals surface area contributed by atoms with Gasteiger partial charge in [-0.15, -0.1) is 11.8 Å². The molecule has 2 amide bonds. The van der Waals surface area contributed by atoms with Crippen molar-refractivity contribution in [2.24, 2.45) is 5.73 Å². The number of carboxylic acid groups (broad SMARTS) is 1. The quantitative estimate of drug-likeness (QED) is 0.675. The van der Waals surface area contributed by atoms with E-state index in [1.807, 2.05) is 6.07 Å². The lowest BCUT2D eigenvalue weighted by molar-refractivity contribution is -0.161. The van der Waals surface area contributed by atoms with Crippen LogP contribution in [0.5, 0.6) is 0 Å². The highest BCUT2D eigenvalue weighted by Crippen LogP contribution is 2.50. The average molecular weight is 349 g/mol. The second kappa shape index (κ2) is 5.78. The minimum absolute atomic E-state index is 0.375. The van der Waals surface area contributed by atoms with Crippen molar-refractivity contribution in [2.75, 3.05) is 0 Å². The van der Waals surface area contributed by atoms with Crippen LogP contribution in [-0.2, 0) is 14.4 Å². The van der Waals surface area contributed by atoms with Crippen molar-refractivity contribution in [1.82, 2.24) is 10.2 Å². The third-order valence-corrected chi connectivity index (χ3v) is 5.99. The SMILES string of the molecule is CC1(C)S[C@@H]2[C@@H](NC(=O)[C@@H](N)c3ccccc3)C(=O)N2[C@@H]1C(=O)O. The Morgan fingerprint density at radius 3 is 2.54 bits per heavy atom. The van der Waals surface area contributed by atoms with Crippen LogP contribution in [0.25, 0.3) is 0 Å². The number of rotatable bonds is 4. The lowest BCUT2D eigenvalue weighted by Crippen LogP contribution is -2.71. The summed E-state index contributed by atoms with van der Waals surface area (Å²) in [6.07, 6.45) is 0. The van der Waals surface area contributed by atoms with Crippen LogP contribution in [0, 0.1) is 0 Å². The predicted octanol–water partition coefficient (Wildman–Crippen LogP) is 0.318. The molecule has 4 atom stereocenters. The molecule has 0 spiro atoms. The fourth-order valence-electron chi connectivity index (χ4n) is 3.20. The highest BCUT2D eigenvalue weighted by Gasteiger charge is 2.64. The zero-order valence-corrected chi connectivity index (χ0v) is 14.1. The van der Waals surface area contributed by atoms with Gasteiger partial charge in [-0.2, -0.15) is 0 Å². The van der Waals surface area contributed by atoms with Crippen molar-refractivity contribution in [3.63, 3.8) is 0 Å². The molecule has 128 valence electrons. The van der Waals surface area contributed by atoms with Crippen molar-refractivity contribution >= 4 is 29.5 Å². The first kappa shape index (κ1) is 16.8. The summed E-state index contributed by atoms with van der Waals surface area (Å²) in [5.74, 6) is -1.86. The van der Waals surface area contributed by atoms with Crippen LogP contribution in [0.1, 0.15) is 25.5 Å². The predicted molar refractivity (Wildman–Crippen MR) is 89.0 cm³/mol. The molecule has 2 heterocycles. The largest absolute Gasteiger partial charge is 0.480 e. The van der Waals surface area contributed by atoms with Crippen molar-refractivity contribution in [3.8, 4) is 0 Å². The third-order valence-electron chi connectivity index (χ3n) is 4.41. The van der Waals surface area contributed by atoms with Crippen LogP contribution in [0.3, 0.4) is 0 Å². The molecular weight excluding hydrogens is 330 g/mol. The van der Waals surface area contributed by atoms with Crippen molar-refractivity contribution in [2.45, 2.75) is 42.1 Å². The summed E-state index contributed by atoms with van der Waals surface area (Å²) in [5.41, 5.74) is 6.59. The van der Waals surface area contributed by atoms with Crippen LogP contribution in [0.2, 0.25) is 0 Å². The zero-order chi connectivity index (χ0) is 17.6. The highest BCUT2D eigenvalue weighted by molar-refractivity contribution is 8.01. The van der Waals surface area contributed by atoms with Gasteiger partial charge in [0.25, 0.3) is 0 Å². The Labute approximate surface area is 143 Å². The van der Waals surface area contributed by atoms with Gasteiger partial charge in [0.1, 0.15) is 23.5 Å². The minimum Gasteiger partial charge on any atom is -0.480 e. The van der Waals surface area contributed by atoms with Gasteiger partial charge < -0.3 is 21.1 Å². The number of thioether (sulfide) groups is 1. The molecule has 2 aliphatic rings. The number of fused-ring (bicyclic) bond motifs is 1. The normalized spacial score (nSPS) is 28.7. The Balaban J connectivity index is 1.71. The molecule has 2 fully saturated rings. The molecule has 2 saturated heterocycles. The number of aliphatic carboxylic acids is 1. The second-order valence-electron chi connectivity index (χ2n) is 6.47. The Hall–Kier alpha value is -2.06. The first-order valence-electron chi connectivity index (χ1n) is 7.58. The lowest BCUT2D eigenvalue weighted by atomic mass is 9.95. The van der Waals surface area contributed by atoms with Gasteiger partial charge in [0, 0.05) is 4.75 Å². The standard InChI is InChI=1S/C16H19N3O4S/c1-16(2)11(15(22)23)19-13(21)10(14(19)24-16)18-12(20)9(17)8-6-4-3-5-7-8/h3-7,9-11,14H,17H2,1-2H3,(H,18,20)(H,22,23)/t9-,10-,11+,14+/m0/s1. The van der Waals surface area contributed by atoms with Gasteiger partial charge in [-0.25, -0.2) is 4.79 Å². The fourth-order valence-corrected chi connectivity index (χ4v) is 4.83. The zero-order valence-electron chi connectivity index (χ0n) is 13.3. The monoisotopic (exact) mass is 349 g/mol. The number of nitrogens with zero attached hydrogens (tertiary/aromatic N) is 1. The van der Waals surface area contributed by atoms with Crippen LogP contribution in [0.15, 0.2) is 30.3 Å². The highest BCUT2D eigenvalue weighted by atomic mass is 32.2. The molecule has 3 rings (SSSR count). The molecule has 7 nitrogen and oxygen atoms in total. The maximum Gasteiger partial charge on any atom is 0.327 e. The summed E-state index contributed by atoms with van der Waals surface area (Å²) in [5, 5.41) is 11.7. The maximum atomic E-state index is 12.3. The first-order chi connectivity index (χ1) is 11.2. The molecule has 2 aliphatic heterocycles. The summed E-state index contributed by atoms with van der Waals surface area (Å²) >= 11 is 1.38. The minimum atomic E-state index is -1.03. The number of carbonyl (C=O) groups is 3. The van der Waals surface area contributed by atoms with E-state index >= 15 is 0 Å². The third kappa shape index (κ3) is 2.55. The van der Waals surface area contributed by atoms with Gasteiger partial charge in [0.15, 0.2) is 0 Å². The number of nitrogens with one attached hydrogen (secondary N) is 1. The molecule has 1 aromatic rings. The molecule has 0 unspecified atom stereocenters. The van der Waals surface area contributed by atoms with Gasteiger partial charge >= 0.3 is 5.97 Å². The fraction of sp³-hybridized carbons (Fsp3) is 0.438. The molecule has 0 radical (unpaired) electrons. The van der Waals surface area contributed by atoms with Crippen molar-refractivity contribution < 1.29 is 19.5 Å². The summed E-state index contributed by atoms with van der Waals surface area (Å²) in [7, 11) is 0. The van der Waals surface area contributed by atoms with Crippen LogP contribution < -0.4 is 11.1 Å². The van der Waals surface area contributed by atoms with E-state index in [-0.39, 0.29) is 11.3 Å². The van der Waals surface area contributed by atoms with E-state index in [4.69, 9.17) is 5.73 Å². The number of carbonyl (C=O) groups excluding carboxylic acids is 2. The molecular formula is C16H19N3O4S. The van der Waals surface area contributed by atoms with Gasteiger partial charge in [0.05, 0.1) is 0 Å². The van der Waals surface area contributed by atoms with Crippen LogP contribution in [0.4, 0.5) is 0 Å². The van der Waals surface area contributed by atoms with Gasteiger partial charge in [-0.05, 0) is 19.4 Å². The summed E-state index contributed by atoms with van der Waals surface area (Å²) < 4.78 is -0.618. The Kier molecular flexibility index (Phi) is 4.05. The molecule has 4 N–H and O–H groups in total. The summed E-state index contributed by atoms with van der Waals surface area (Å²) in [6.45, 7) is 3.58. The van der Waals surface area contributed by atoms with E-state index in [0.29, 0.717) is 5.56 Å². The van der Waals surface area contributed by atoms with E-state index in [1.54, 1.807) is 38.1 Å². The Morgan fingerprint density at radius 2 is 1.96 bits per heavy atom. The van der Waals surface area contributed by atoms with Crippen molar-refractivity contribution in [3.05, 3.63) is 35.9 Å². The number of amides is 2. The molecule has 0 saturated carbocycles. The number of β-lactam (4-membered cyclic amide) rings is 1. The lowest BCUT2D eigenvalue weighted by Gasteiger charge is -2.43. The molecule has 24 heavy (non-hydrogen) atoms. The number of nitrogens with two attached hydrogens (primary N) is 1. The van der Waals surface area contributed by atoms with E-state index in [2.05, 4.69) is 5.32 Å². The number of hydrogen-bond acceptors (Lipinski definition) is 5. The molecule has 0 aromatic heterocycles. The van der Waals surface area contributed by atoms with E-state index in [0.717, 1.165) is 0 Å². The first-order valence-corrected chi connectivity index (χ1v) is 8.45. The van der Waals surface area contributed by atoms with E-state index in [1.165, 1.54) is 16.7 Å². The molecule has 0 aliphatic carbocycles. The topological polar surface area (TPSA) is 113 Å². The van der Waals surface area contributed by atoms with Crippen LogP contribution >= 0.6 is 11.8 Å². The molecule has 8 heteroatoms.